The maximum atomic E-state index is 12.7. The van der Waals surface area contributed by atoms with E-state index < -0.39 is 23.5 Å². The molecule has 3 aromatic rings. The molecule has 0 saturated carbocycles. The highest BCUT2D eigenvalue weighted by molar-refractivity contribution is 5.78. The minimum Gasteiger partial charge on any atom is -0.437 e. The molecule has 2 aromatic heterocycles. The van der Waals surface area contributed by atoms with Crippen LogP contribution in [-0.4, -0.2) is 27.6 Å². The zero-order valence-corrected chi connectivity index (χ0v) is 11.5. The molecule has 0 aliphatic carbocycles. The fourth-order valence-electron chi connectivity index (χ4n) is 2.08. The Labute approximate surface area is 125 Å². The highest BCUT2D eigenvalue weighted by atomic mass is 19.4. The average Bonchev–Trinajstić information content (AvgIpc) is 2.90. The molecular weight excluding hydrogens is 319 g/mol. The summed E-state index contributed by atoms with van der Waals surface area (Å²) < 4.78 is 48.4. The Kier molecular flexibility index (Phi) is 3.24. The first-order valence-corrected chi connectivity index (χ1v) is 6.18. The van der Waals surface area contributed by atoms with Gasteiger partial charge in [-0.25, -0.2) is 4.79 Å². The molecule has 0 aliphatic rings. The number of fused-ring (bicyclic) bond motifs is 3. The minimum absolute atomic E-state index is 0.0284. The summed E-state index contributed by atoms with van der Waals surface area (Å²) in [6.45, 7) is 0. The van der Waals surface area contributed by atoms with E-state index in [1.54, 1.807) is 0 Å². The van der Waals surface area contributed by atoms with E-state index in [1.807, 2.05) is 0 Å². The van der Waals surface area contributed by atoms with Crippen molar-refractivity contribution in [1.82, 2.24) is 14.4 Å². The Balaban J connectivity index is 2.22. The molecule has 0 unspecified atom stereocenters. The van der Waals surface area contributed by atoms with Crippen molar-refractivity contribution < 1.29 is 27.4 Å². The number of carbonyl (C=O) groups is 1. The summed E-state index contributed by atoms with van der Waals surface area (Å²) in [7, 11) is 1.10. The van der Waals surface area contributed by atoms with E-state index in [9.17, 15) is 22.8 Å². The van der Waals surface area contributed by atoms with Crippen molar-refractivity contribution in [3.63, 3.8) is 0 Å². The van der Waals surface area contributed by atoms with E-state index in [-0.39, 0.29) is 22.6 Å². The highest BCUT2D eigenvalue weighted by Gasteiger charge is 2.30. The number of rotatable bonds is 1. The van der Waals surface area contributed by atoms with E-state index in [0.717, 1.165) is 19.2 Å². The van der Waals surface area contributed by atoms with Gasteiger partial charge >= 0.3 is 12.3 Å². The number of imidazole rings is 1. The molecule has 3 rings (SSSR count). The number of alkyl halides is 3. The lowest BCUT2D eigenvalue weighted by molar-refractivity contribution is -0.137. The SMILES string of the molecule is COC(=O)Oc1cn2c(n1)c(=O)[nH]c1cc(C(F)(F)F)ccc12. The van der Waals surface area contributed by atoms with Crippen LogP contribution in [0.4, 0.5) is 18.0 Å². The summed E-state index contributed by atoms with van der Waals surface area (Å²) in [5.41, 5.74) is -1.52. The number of hydrogen-bond acceptors (Lipinski definition) is 5. The van der Waals surface area contributed by atoms with Crippen molar-refractivity contribution in [1.29, 1.82) is 0 Å². The van der Waals surface area contributed by atoms with Gasteiger partial charge in [-0.05, 0) is 18.2 Å². The zero-order chi connectivity index (χ0) is 16.8. The fraction of sp³-hybridized carbons (Fsp3) is 0.154. The topological polar surface area (TPSA) is 85.7 Å². The normalized spacial score (nSPS) is 11.8. The smallest absolute Gasteiger partial charge is 0.437 e. The van der Waals surface area contributed by atoms with Crippen LogP contribution < -0.4 is 10.3 Å². The first-order chi connectivity index (χ1) is 10.8. The van der Waals surface area contributed by atoms with Crippen molar-refractivity contribution in [3.8, 4) is 5.88 Å². The van der Waals surface area contributed by atoms with Gasteiger partial charge in [0.05, 0.1) is 29.9 Å². The third kappa shape index (κ3) is 2.58. The number of nitrogens with zero attached hydrogens (tertiary/aromatic N) is 2. The lowest BCUT2D eigenvalue weighted by Gasteiger charge is -2.08. The number of nitrogens with one attached hydrogen (secondary N) is 1. The second-order valence-corrected chi connectivity index (χ2v) is 4.51. The minimum atomic E-state index is -4.53. The van der Waals surface area contributed by atoms with Gasteiger partial charge in [-0.2, -0.15) is 18.2 Å². The quantitative estimate of drug-likeness (QED) is 0.693. The molecule has 2 heterocycles. The van der Waals surface area contributed by atoms with Crippen molar-refractivity contribution in [2.45, 2.75) is 6.18 Å². The molecule has 1 aromatic carbocycles. The summed E-state index contributed by atoms with van der Waals surface area (Å²) in [4.78, 5) is 29.1. The van der Waals surface area contributed by atoms with Gasteiger partial charge in [-0.3, -0.25) is 9.20 Å². The molecule has 0 saturated heterocycles. The van der Waals surface area contributed by atoms with E-state index in [2.05, 4.69) is 14.7 Å². The third-order valence-corrected chi connectivity index (χ3v) is 3.07. The number of aromatic amines is 1. The molecule has 0 radical (unpaired) electrons. The second-order valence-electron chi connectivity index (χ2n) is 4.51. The Morgan fingerprint density at radius 2 is 2.09 bits per heavy atom. The van der Waals surface area contributed by atoms with Crippen molar-refractivity contribution in [2.24, 2.45) is 0 Å². The van der Waals surface area contributed by atoms with Crippen molar-refractivity contribution >= 4 is 22.8 Å². The Morgan fingerprint density at radius 3 is 2.74 bits per heavy atom. The summed E-state index contributed by atoms with van der Waals surface area (Å²) in [6, 6.07) is 2.88. The maximum absolute atomic E-state index is 12.7. The van der Waals surface area contributed by atoms with E-state index in [1.165, 1.54) is 16.7 Å². The standard InChI is InChI=1S/C13H8F3N3O4/c1-22-12(21)23-9-5-19-8-3-2-6(13(14,15)16)4-7(8)17-11(20)10(19)18-9/h2-5H,1H3,(H,17,20). The predicted octanol–water partition coefficient (Wildman–Crippen LogP) is 2.34. The molecular formula is C13H8F3N3O4. The number of H-pyrrole nitrogens is 1. The van der Waals surface area contributed by atoms with Gasteiger partial charge in [-0.15, -0.1) is 0 Å². The molecule has 1 N–H and O–H groups in total. The molecule has 0 aliphatic heterocycles. The number of ether oxygens (including phenoxy) is 2. The van der Waals surface area contributed by atoms with E-state index in [4.69, 9.17) is 4.74 Å². The van der Waals surface area contributed by atoms with Gasteiger partial charge < -0.3 is 14.5 Å². The molecule has 0 atom stereocenters. The zero-order valence-electron chi connectivity index (χ0n) is 11.5. The van der Waals surface area contributed by atoms with Crippen LogP contribution in [0.25, 0.3) is 16.7 Å². The molecule has 23 heavy (non-hydrogen) atoms. The molecule has 0 fully saturated rings. The van der Waals surface area contributed by atoms with Crippen LogP contribution in [-0.2, 0) is 10.9 Å². The second kappa shape index (κ2) is 5.00. The van der Waals surface area contributed by atoms with Crippen LogP contribution in [0.3, 0.4) is 0 Å². The molecule has 0 bridgehead atoms. The van der Waals surface area contributed by atoms with E-state index >= 15 is 0 Å². The summed E-state index contributed by atoms with van der Waals surface area (Å²) in [5, 5.41) is 0. The predicted molar refractivity (Wildman–Crippen MR) is 71.4 cm³/mol. The van der Waals surface area contributed by atoms with Crippen LogP contribution in [0.2, 0.25) is 0 Å². The number of methoxy groups -OCH3 is 1. The van der Waals surface area contributed by atoms with Crippen LogP contribution in [0.1, 0.15) is 5.56 Å². The van der Waals surface area contributed by atoms with Gasteiger partial charge in [-0.1, -0.05) is 0 Å². The van der Waals surface area contributed by atoms with Crippen LogP contribution in [0, 0.1) is 0 Å². The molecule has 7 nitrogen and oxygen atoms in total. The van der Waals surface area contributed by atoms with Crippen LogP contribution in [0.5, 0.6) is 5.88 Å². The Bertz CT molecular complexity index is 974. The van der Waals surface area contributed by atoms with Gasteiger partial charge in [0.1, 0.15) is 0 Å². The Hall–Kier alpha value is -3.04. The maximum Gasteiger partial charge on any atom is 0.514 e. The average molecular weight is 327 g/mol. The van der Waals surface area contributed by atoms with Crippen molar-refractivity contribution in [3.05, 3.63) is 40.3 Å². The van der Waals surface area contributed by atoms with Gasteiger partial charge in [0, 0.05) is 0 Å². The van der Waals surface area contributed by atoms with Crippen LogP contribution >= 0.6 is 0 Å². The van der Waals surface area contributed by atoms with Gasteiger partial charge in [0.2, 0.25) is 11.5 Å². The van der Waals surface area contributed by atoms with Gasteiger partial charge in [0.25, 0.3) is 5.56 Å². The first kappa shape index (κ1) is 14.9. The summed E-state index contributed by atoms with van der Waals surface area (Å²) in [5.74, 6) is -0.213. The first-order valence-electron chi connectivity index (χ1n) is 6.18. The summed E-state index contributed by atoms with van der Waals surface area (Å²) in [6.07, 6.45) is -4.36. The van der Waals surface area contributed by atoms with Crippen LogP contribution in [0.15, 0.2) is 29.2 Å². The number of benzene rings is 1. The molecule has 120 valence electrons. The lowest BCUT2D eigenvalue weighted by atomic mass is 10.2. The number of halogens is 3. The number of aromatic nitrogens is 3. The molecule has 10 heteroatoms. The molecule has 0 spiro atoms. The molecule has 0 amide bonds. The fourth-order valence-corrected chi connectivity index (χ4v) is 2.08. The Morgan fingerprint density at radius 1 is 1.35 bits per heavy atom. The van der Waals surface area contributed by atoms with E-state index in [0.29, 0.717) is 0 Å². The number of hydrogen-bond donors (Lipinski definition) is 1. The third-order valence-electron chi connectivity index (χ3n) is 3.07. The summed E-state index contributed by atoms with van der Waals surface area (Å²) >= 11 is 0. The lowest BCUT2D eigenvalue weighted by Crippen LogP contribution is -2.12. The largest absolute Gasteiger partial charge is 0.514 e. The highest BCUT2D eigenvalue weighted by Crippen LogP contribution is 2.31. The van der Waals surface area contributed by atoms with Gasteiger partial charge in [0.15, 0.2) is 0 Å². The monoisotopic (exact) mass is 327 g/mol. The van der Waals surface area contributed by atoms with Crippen molar-refractivity contribution in [2.75, 3.05) is 7.11 Å². The number of carbonyl (C=O) groups excluding carboxylic acids is 1.